The lowest BCUT2D eigenvalue weighted by atomic mass is 10.0. The van der Waals surface area contributed by atoms with Gasteiger partial charge in [0, 0.05) is 23.9 Å². The maximum absolute atomic E-state index is 12.3. The minimum Gasteiger partial charge on any atom is -0.480 e. The summed E-state index contributed by atoms with van der Waals surface area (Å²) in [6.07, 6.45) is 1.58. The van der Waals surface area contributed by atoms with Gasteiger partial charge < -0.3 is 15.7 Å². The van der Waals surface area contributed by atoms with Gasteiger partial charge in [-0.2, -0.15) is 0 Å². The third kappa shape index (κ3) is 5.42. The average Bonchev–Trinajstić information content (AvgIpc) is 2.75. The van der Waals surface area contributed by atoms with E-state index in [2.05, 4.69) is 15.6 Å². The molecule has 0 bridgehead atoms. The van der Waals surface area contributed by atoms with Crippen LogP contribution in [-0.2, 0) is 11.2 Å². The Bertz CT molecular complexity index is 1060. The fourth-order valence-electron chi connectivity index (χ4n) is 2.74. The number of carboxylic acids is 1. The maximum Gasteiger partial charge on any atom is 0.326 e. The Morgan fingerprint density at radius 1 is 0.933 bits per heavy atom. The van der Waals surface area contributed by atoms with Crippen LogP contribution in [0.4, 0.5) is 5.69 Å². The number of amides is 2. The SMILES string of the molecule is O=C(N[C@@H](Cc1ccc(NC(=O)c2cccnc2Cl)cc1)C(=O)O)c1ccccc1. The summed E-state index contributed by atoms with van der Waals surface area (Å²) in [5.41, 5.74) is 1.84. The summed E-state index contributed by atoms with van der Waals surface area (Å²) in [5, 5.41) is 14.8. The predicted octanol–water partition coefficient (Wildman–Crippen LogP) is 3.41. The minimum atomic E-state index is -1.14. The molecule has 0 spiro atoms. The molecule has 7 nitrogen and oxygen atoms in total. The fraction of sp³-hybridized carbons (Fsp3) is 0.0909. The van der Waals surface area contributed by atoms with E-state index in [1.165, 1.54) is 6.20 Å². The van der Waals surface area contributed by atoms with E-state index < -0.39 is 23.8 Å². The maximum atomic E-state index is 12.3. The van der Waals surface area contributed by atoms with E-state index >= 15 is 0 Å². The molecule has 1 heterocycles. The third-order valence-corrected chi connectivity index (χ3v) is 4.60. The fourth-order valence-corrected chi connectivity index (χ4v) is 2.95. The van der Waals surface area contributed by atoms with Crippen LogP contribution in [0, 0.1) is 0 Å². The summed E-state index contributed by atoms with van der Waals surface area (Å²) in [7, 11) is 0. The average molecular weight is 424 g/mol. The van der Waals surface area contributed by atoms with Gasteiger partial charge >= 0.3 is 5.97 Å². The zero-order valence-electron chi connectivity index (χ0n) is 15.7. The summed E-state index contributed by atoms with van der Waals surface area (Å²) >= 11 is 5.92. The molecule has 2 amide bonds. The summed E-state index contributed by atoms with van der Waals surface area (Å²) in [4.78, 5) is 40.0. The first kappa shape index (κ1) is 21.0. The van der Waals surface area contributed by atoms with Gasteiger partial charge in [-0.15, -0.1) is 0 Å². The Kier molecular flexibility index (Phi) is 6.77. The van der Waals surface area contributed by atoms with Gasteiger partial charge in [-0.05, 0) is 42.0 Å². The third-order valence-electron chi connectivity index (χ3n) is 4.29. The molecule has 3 rings (SSSR count). The zero-order valence-corrected chi connectivity index (χ0v) is 16.5. The van der Waals surface area contributed by atoms with Crippen LogP contribution in [0.15, 0.2) is 72.9 Å². The highest BCUT2D eigenvalue weighted by Crippen LogP contribution is 2.16. The van der Waals surface area contributed by atoms with Crippen molar-refractivity contribution in [3.05, 3.63) is 94.8 Å². The monoisotopic (exact) mass is 423 g/mol. The second-order valence-electron chi connectivity index (χ2n) is 6.43. The van der Waals surface area contributed by atoms with E-state index in [0.717, 1.165) is 0 Å². The smallest absolute Gasteiger partial charge is 0.326 e. The molecule has 0 aliphatic carbocycles. The van der Waals surface area contributed by atoms with Crippen molar-refractivity contribution in [2.24, 2.45) is 0 Å². The normalized spacial score (nSPS) is 11.4. The second-order valence-corrected chi connectivity index (χ2v) is 6.79. The van der Waals surface area contributed by atoms with Crippen LogP contribution >= 0.6 is 11.6 Å². The topological polar surface area (TPSA) is 108 Å². The van der Waals surface area contributed by atoms with Gasteiger partial charge in [0.15, 0.2) is 0 Å². The van der Waals surface area contributed by atoms with Crippen LogP contribution in [0.25, 0.3) is 0 Å². The molecule has 3 aromatic rings. The molecular weight excluding hydrogens is 406 g/mol. The minimum absolute atomic E-state index is 0.0938. The van der Waals surface area contributed by atoms with Crippen molar-refractivity contribution in [3.63, 3.8) is 0 Å². The Morgan fingerprint density at radius 2 is 1.63 bits per heavy atom. The van der Waals surface area contributed by atoms with Gasteiger partial charge in [-0.1, -0.05) is 41.9 Å². The molecule has 0 saturated carbocycles. The molecule has 1 aromatic heterocycles. The first-order chi connectivity index (χ1) is 14.4. The van der Waals surface area contributed by atoms with Gasteiger partial charge in [0.2, 0.25) is 0 Å². The molecule has 0 aliphatic heterocycles. The molecule has 0 radical (unpaired) electrons. The van der Waals surface area contributed by atoms with Crippen molar-refractivity contribution in [2.75, 3.05) is 5.32 Å². The van der Waals surface area contributed by atoms with Crippen LogP contribution in [0.5, 0.6) is 0 Å². The van der Waals surface area contributed by atoms with Crippen molar-refractivity contribution >= 4 is 35.1 Å². The molecule has 152 valence electrons. The highest BCUT2D eigenvalue weighted by Gasteiger charge is 2.21. The number of hydrogen-bond donors (Lipinski definition) is 3. The van der Waals surface area contributed by atoms with Crippen LogP contribution < -0.4 is 10.6 Å². The number of benzene rings is 2. The Morgan fingerprint density at radius 3 is 2.27 bits per heavy atom. The van der Waals surface area contributed by atoms with E-state index in [9.17, 15) is 19.5 Å². The Hall–Kier alpha value is -3.71. The number of hydrogen-bond acceptors (Lipinski definition) is 4. The lowest BCUT2D eigenvalue weighted by Crippen LogP contribution is -2.42. The van der Waals surface area contributed by atoms with Crippen molar-refractivity contribution in [3.8, 4) is 0 Å². The standard InChI is InChI=1S/C22H18ClN3O4/c23-19-17(7-4-12-24-19)21(28)25-16-10-8-14(9-11-16)13-18(22(29)30)26-20(27)15-5-2-1-3-6-15/h1-12,18H,13H2,(H,25,28)(H,26,27)(H,29,30)/t18-/m0/s1. The summed E-state index contributed by atoms with van der Waals surface area (Å²) in [6, 6.07) is 17.2. The second kappa shape index (κ2) is 9.67. The number of nitrogens with zero attached hydrogens (tertiary/aromatic N) is 1. The Balaban J connectivity index is 1.64. The summed E-state index contributed by atoms with van der Waals surface area (Å²) in [5.74, 6) is -2.00. The first-order valence-electron chi connectivity index (χ1n) is 9.03. The lowest BCUT2D eigenvalue weighted by Gasteiger charge is -2.15. The predicted molar refractivity (Wildman–Crippen MR) is 113 cm³/mol. The Labute approximate surface area is 177 Å². The van der Waals surface area contributed by atoms with Crippen LogP contribution in [0.3, 0.4) is 0 Å². The van der Waals surface area contributed by atoms with Crippen molar-refractivity contribution in [2.45, 2.75) is 12.5 Å². The van der Waals surface area contributed by atoms with Gasteiger partial charge in [0.1, 0.15) is 11.2 Å². The molecule has 8 heteroatoms. The number of nitrogens with one attached hydrogen (secondary N) is 2. The number of rotatable bonds is 7. The molecule has 0 saturated heterocycles. The lowest BCUT2D eigenvalue weighted by molar-refractivity contribution is -0.139. The van der Waals surface area contributed by atoms with E-state index in [1.54, 1.807) is 66.7 Å². The van der Waals surface area contributed by atoms with Gasteiger partial charge in [-0.3, -0.25) is 9.59 Å². The van der Waals surface area contributed by atoms with Crippen molar-refractivity contribution in [1.29, 1.82) is 0 Å². The number of carbonyl (C=O) groups is 3. The van der Waals surface area contributed by atoms with Crippen LogP contribution in [0.1, 0.15) is 26.3 Å². The molecule has 0 fully saturated rings. The number of carboxylic acid groups (broad SMARTS) is 1. The molecule has 2 aromatic carbocycles. The number of aliphatic carboxylic acids is 1. The van der Waals surface area contributed by atoms with Crippen molar-refractivity contribution < 1.29 is 19.5 Å². The number of aromatic nitrogens is 1. The van der Waals surface area contributed by atoms with E-state index in [1.807, 2.05) is 0 Å². The van der Waals surface area contributed by atoms with E-state index in [-0.39, 0.29) is 17.1 Å². The van der Waals surface area contributed by atoms with Crippen molar-refractivity contribution in [1.82, 2.24) is 10.3 Å². The van der Waals surface area contributed by atoms with Gasteiger partial charge in [-0.25, -0.2) is 9.78 Å². The van der Waals surface area contributed by atoms with Gasteiger partial charge in [0.25, 0.3) is 11.8 Å². The summed E-state index contributed by atoms with van der Waals surface area (Å²) in [6.45, 7) is 0. The summed E-state index contributed by atoms with van der Waals surface area (Å²) < 4.78 is 0. The van der Waals surface area contributed by atoms with Crippen LogP contribution in [0.2, 0.25) is 5.15 Å². The highest BCUT2D eigenvalue weighted by molar-refractivity contribution is 6.33. The molecule has 30 heavy (non-hydrogen) atoms. The zero-order chi connectivity index (χ0) is 21.5. The number of carbonyl (C=O) groups excluding carboxylic acids is 2. The molecular formula is C22H18ClN3O4. The number of anilines is 1. The number of halogens is 1. The van der Waals surface area contributed by atoms with E-state index in [0.29, 0.717) is 16.8 Å². The molecule has 0 aliphatic rings. The van der Waals surface area contributed by atoms with Gasteiger partial charge in [0.05, 0.1) is 5.56 Å². The quantitative estimate of drug-likeness (QED) is 0.504. The van der Waals surface area contributed by atoms with E-state index in [4.69, 9.17) is 11.6 Å². The number of pyridine rings is 1. The molecule has 0 unspecified atom stereocenters. The van der Waals surface area contributed by atoms with Crippen LogP contribution in [-0.4, -0.2) is 33.9 Å². The first-order valence-corrected chi connectivity index (χ1v) is 9.41. The molecule has 3 N–H and O–H groups in total. The largest absolute Gasteiger partial charge is 0.480 e. The highest BCUT2D eigenvalue weighted by atomic mass is 35.5. The molecule has 1 atom stereocenters.